The van der Waals surface area contributed by atoms with Crippen molar-refractivity contribution in [2.75, 3.05) is 26.3 Å². The van der Waals surface area contributed by atoms with Gasteiger partial charge >= 0.3 is 0 Å². The van der Waals surface area contributed by atoms with Crippen LogP contribution in [0.3, 0.4) is 0 Å². The zero-order valence-corrected chi connectivity index (χ0v) is 10.8. The quantitative estimate of drug-likeness (QED) is 0.556. The summed E-state index contributed by atoms with van der Waals surface area (Å²) in [6.07, 6.45) is 2.57. The van der Waals surface area contributed by atoms with Gasteiger partial charge in [-0.3, -0.25) is 4.79 Å². The third kappa shape index (κ3) is 9.93. The number of hydrogen-bond donors (Lipinski definition) is 2. The number of carbonyl (C=O) groups excluding carboxylic acids is 1. The second kappa shape index (κ2) is 10.9. The maximum Gasteiger partial charge on any atom is 0.221 e. The third-order valence-electron chi connectivity index (χ3n) is 2.32. The lowest BCUT2D eigenvalue weighted by Crippen LogP contribution is -2.34. The fourth-order valence-corrected chi connectivity index (χ4v) is 1.17. The summed E-state index contributed by atoms with van der Waals surface area (Å²) in [5.41, 5.74) is 0. The van der Waals surface area contributed by atoms with Crippen molar-refractivity contribution in [1.82, 2.24) is 10.6 Å². The topological polar surface area (TPSA) is 50.4 Å². The van der Waals surface area contributed by atoms with Gasteiger partial charge in [0, 0.05) is 32.2 Å². The van der Waals surface area contributed by atoms with Gasteiger partial charge in [0.15, 0.2) is 0 Å². The number of amides is 1. The fourth-order valence-electron chi connectivity index (χ4n) is 1.17. The van der Waals surface area contributed by atoms with Crippen LogP contribution >= 0.6 is 0 Å². The SMILES string of the molecule is CCCOCCNCCC(=O)NC(C)CC. The Hall–Kier alpha value is -0.610. The molecule has 0 aliphatic heterocycles. The number of carbonyl (C=O) groups is 1. The maximum atomic E-state index is 11.4. The minimum absolute atomic E-state index is 0.122. The molecule has 0 heterocycles. The molecule has 1 amide bonds. The van der Waals surface area contributed by atoms with E-state index in [9.17, 15) is 4.79 Å². The zero-order chi connectivity index (χ0) is 12.2. The van der Waals surface area contributed by atoms with Gasteiger partial charge in [-0.1, -0.05) is 13.8 Å². The smallest absolute Gasteiger partial charge is 0.221 e. The number of ether oxygens (including phenoxy) is 1. The first-order valence-electron chi connectivity index (χ1n) is 6.28. The number of nitrogens with one attached hydrogen (secondary N) is 2. The molecule has 0 aromatic heterocycles. The van der Waals surface area contributed by atoms with E-state index in [0.29, 0.717) is 6.42 Å². The van der Waals surface area contributed by atoms with Gasteiger partial charge in [0.1, 0.15) is 0 Å². The van der Waals surface area contributed by atoms with E-state index < -0.39 is 0 Å². The van der Waals surface area contributed by atoms with Crippen molar-refractivity contribution in [2.24, 2.45) is 0 Å². The first-order chi connectivity index (χ1) is 7.70. The highest BCUT2D eigenvalue weighted by Crippen LogP contribution is 1.88. The van der Waals surface area contributed by atoms with Crippen LogP contribution in [0.1, 0.15) is 40.0 Å². The summed E-state index contributed by atoms with van der Waals surface area (Å²) in [7, 11) is 0. The van der Waals surface area contributed by atoms with Crippen molar-refractivity contribution in [3.8, 4) is 0 Å². The van der Waals surface area contributed by atoms with Crippen LogP contribution < -0.4 is 10.6 Å². The number of rotatable bonds is 10. The average molecular weight is 230 g/mol. The Morgan fingerprint density at radius 2 is 2.00 bits per heavy atom. The fraction of sp³-hybridized carbons (Fsp3) is 0.917. The van der Waals surface area contributed by atoms with E-state index in [1.165, 1.54) is 0 Å². The lowest BCUT2D eigenvalue weighted by Gasteiger charge is -2.11. The molecule has 0 aromatic rings. The Kier molecular flexibility index (Phi) is 10.5. The van der Waals surface area contributed by atoms with Gasteiger partial charge in [0.25, 0.3) is 0 Å². The Balaban J connectivity index is 3.21. The molecule has 0 rings (SSSR count). The average Bonchev–Trinajstić information content (AvgIpc) is 2.27. The largest absolute Gasteiger partial charge is 0.380 e. The Morgan fingerprint density at radius 3 is 2.62 bits per heavy atom. The van der Waals surface area contributed by atoms with E-state index in [1.54, 1.807) is 0 Å². The molecule has 0 aliphatic carbocycles. The van der Waals surface area contributed by atoms with Gasteiger partial charge < -0.3 is 15.4 Å². The molecule has 0 aliphatic rings. The lowest BCUT2D eigenvalue weighted by atomic mass is 10.2. The van der Waals surface area contributed by atoms with Gasteiger partial charge in [-0.15, -0.1) is 0 Å². The molecule has 1 unspecified atom stereocenters. The first-order valence-corrected chi connectivity index (χ1v) is 6.28. The Morgan fingerprint density at radius 1 is 1.25 bits per heavy atom. The van der Waals surface area contributed by atoms with Crippen molar-refractivity contribution in [3.63, 3.8) is 0 Å². The van der Waals surface area contributed by atoms with E-state index >= 15 is 0 Å². The Bertz CT molecular complexity index is 174. The molecule has 96 valence electrons. The molecule has 16 heavy (non-hydrogen) atoms. The van der Waals surface area contributed by atoms with Crippen LogP contribution in [0.2, 0.25) is 0 Å². The summed E-state index contributed by atoms with van der Waals surface area (Å²) in [6.45, 7) is 9.25. The van der Waals surface area contributed by atoms with Crippen molar-refractivity contribution in [3.05, 3.63) is 0 Å². The summed E-state index contributed by atoms with van der Waals surface area (Å²) in [4.78, 5) is 11.4. The van der Waals surface area contributed by atoms with Gasteiger partial charge in [-0.25, -0.2) is 0 Å². The predicted molar refractivity (Wildman–Crippen MR) is 66.5 cm³/mol. The molecule has 0 saturated carbocycles. The summed E-state index contributed by atoms with van der Waals surface area (Å²) in [6, 6.07) is 0.278. The summed E-state index contributed by atoms with van der Waals surface area (Å²) in [5.74, 6) is 0.122. The van der Waals surface area contributed by atoms with E-state index in [-0.39, 0.29) is 11.9 Å². The summed E-state index contributed by atoms with van der Waals surface area (Å²) >= 11 is 0. The molecule has 0 aromatic carbocycles. The second-order valence-corrected chi connectivity index (χ2v) is 3.99. The molecule has 0 fully saturated rings. The molecule has 4 nitrogen and oxygen atoms in total. The minimum Gasteiger partial charge on any atom is -0.380 e. The first kappa shape index (κ1) is 15.4. The van der Waals surface area contributed by atoms with Gasteiger partial charge in [0.05, 0.1) is 6.61 Å². The molecular weight excluding hydrogens is 204 g/mol. The third-order valence-corrected chi connectivity index (χ3v) is 2.32. The van der Waals surface area contributed by atoms with Crippen molar-refractivity contribution in [2.45, 2.75) is 46.1 Å². The molecule has 0 bridgehead atoms. The highest BCUT2D eigenvalue weighted by Gasteiger charge is 2.03. The van der Waals surface area contributed by atoms with Crippen LogP contribution in [0.15, 0.2) is 0 Å². The van der Waals surface area contributed by atoms with Crippen LogP contribution in [-0.2, 0) is 9.53 Å². The standard InChI is InChI=1S/C12H26N2O2/c1-4-9-16-10-8-13-7-6-12(15)14-11(3)5-2/h11,13H,4-10H2,1-3H3,(H,14,15). The number of hydrogen-bond acceptors (Lipinski definition) is 3. The molecule has 1 atom stereocenters. The monoisotopic (exact) mass is 230 g/mol. The summed E-state index contributed by atoms with van der Waals surface area (Å²) < 4.78 is 5.31. The Labute approximate surface area is 99.1 Å². The van der Waals surface area contributed by atoms with Crippen LogP contribution in [-0.4, -0.2) is 38.3 Å². The van der Waals surface area contributed by atoms with Crippen LogP contribution in [0.25, 0.3) is 0 Å². The second-order valence-electron chi connectivity index (χ2n) is 3.99. The molecule has 4 heteroatoms. The molecular formula is C12H26N2O2. The zero-order valence-electron chi connectivity index (χ0n) is 10.8. The lowest BCUT2D eigenvalue weighted by molar-refractivity contribution is -0.121. The maximum absolute atomic E-state index is 11.4. The van der Waals surface area contributed by atoms with Gasteiger partial charge in [-0.2, -0.15) is 0 Å². The van der Waals surface area contributed by atoms with E-state index in [0.717, 1.165) is 39.1 Å². The highest BCUT2D eigenvalue weighted by molar-refractivity contribution is 5.76. The van der Waals surface area contributed by atoms with Crippen LogP contribution in [0, 0.1) is 0 Å². The van der Waals surface area contributed by atoms with Gasteiger partial charge in [0.2, 0.25) is 5.91 Å². The highest BCUT2D eigenvalue weighted by atomic mass is 16.5. The normalized spacial score (nSPS) is 12.4. The molecule has 0 spiro atoms. The minimum atomic E-state index is 0.122. The van der Waals surface area contributed by atoms with Crippen molar-refractivity contribution < 1.29 is 9.53 Å². The predicted octanol–water partition coefficient (Wildman–Crippen LogP) is 1.31. The van der Waals surface area contributed by atoms with E-state index in [4.69, 9.17) is 4.74 Å². The van der Waals surface area contributed by atoms with Gasteiger partial charge in [-0.05, 0) is 19.8 Å². The van der Waals surface area contributed by atoms with Crippen molar-refractivity contribution >= 4 is 5.91 Å². The van der Waals surface area contributed by atoms with Crippen LogP contribution in [0.5, 0.6) is 0 Å². The van der Waals surface area contributed by atoms with E-state index in [1.807, 2.05) is 6.92 Å². The molecule has 0 saturated heterocycles. The molecule has 2 N–H and O–H groups in total. The van der Waals surface area contributed by atoms with E-state index in [2.05, 4.69) is 24.5 Å². The van der Waals surface area contributed by atoms with Crippen LogP contribution in [0.4, 0.5) is 0 Å². The summed E-state index contributed by atoms with van der Waals surface area (Å²) in [5, 5.41) is 6.11. The molecule has 0 radical (unpaired) electrons. The van der Waals surface area contributed by atoms with Crippen molar-refractivity contribution in [1.29, 1.82) is 0 Å².